The Kier molecular flexibility index (Phi) is 7.40. The standard InChI is InChI=1S/C26H25N5O3S/c1-3-33-25(32)18-11-17-14-31(2)10-9-21(17)30-22(18)15-35-26-20(13-28)23(16-7-5-4-6-8-16)19(12-27)24(29)34-26/h4-8,11,23H,3,9-10,14-15,29H2,1-2H3. The van der Waals surface area contributed by atoms with Crippen LogP contribution in [0.1, 0.15) is 45.7 Å². The average Bonchev–Trinajstić information content (AvgIpc) is 2.87. The molecule has 2 aliphatic rings. The molecule has 2 aromatic rings. The fourth-order valence-electron chi connectivity index (χ4n) is 4.22. The van der Waals surface area contributed by atoms with Crippen molar-refractivity contribution in [3.05, 3.63) is 86.6 Å². The maximum absolute atomic E-state index is 12.7. The van der Waals surface area contributed by atoms with Crippen molar-refractivity contribution in [2.75, 3.05) is 20.2 Å². The molecule has 0 saturated carbocycles. The van der Waals surface area contributed by atoms with Gasteiger partial charge in [0.2, 0.25) is 5.88 Å². The summed E-state index contributed by atoms with van der Waals surface area (Å²) in [6, 6.07) is 15.4. The van der Waals surface area contributed by atoms with Crippen molar-refractivity contribution >= 4 is 17.7 Å². The van der Waals surface area contributed by atoms with Crippen molar-refractivity contribution in [1.29, 1.82) is 10.5 Å². The van der Waals surface area contributed by atoms with Gasteiger partial charge in [-0.25, -0.2) is 4.79 Å². The number of aromatic nitrogens is 1. The van der Waals surface area contributed by atoms with E-state index in [-0.39, 0.29) is 23.8 Å². The van der Waals surface area contributed by atoms with E-state index in [1.165, 1.54) is 11.8 Å². The molecule has 35 heavy (non-hydrogen) atoms. The Balaban J connectivity index is 1.70. The van der Waals surface area contributed by atoms with Gasteiger partial charge in [-0.1, -0.05) is 42.1 Å². The van der Waals surface area contributed by atoms with Gasteiger partial charge in [0.25, 0.3) is 0 Å². The van der Waals surface area contributed by atoms with Crippen molar-refractivity contribution < 1.29 is 14.3 Å². The summed E-state index contributed by atoms with van der Waals surface area (Å²) in [7, 11) is 2.03. The zero-order valence-electron chi connectivity index (χ0n) is 19.6. The molecule has 8 nitrogen and oxygen atoms in total. The Hall–Kier alpha value is -3.79. The van der Waals surface area contributed by atoms with Crippen LogP contribution < -0.4 is 5.73 Å². The smallest absolute Gasteiger partial charge is 0.340 e. The van der Waals surface area contributed by atoms with Crippen LogP contribution in [0.25, 0.3) is 0 Å². The quantitative estimate of drug-likeness (QED) is 0.607. The maximum atomic E-state index is 12.7. The van der Waals surface area contributed by atoms with Gasteiger partial charge in [-0.2, -0.15) is 10.5 Å². The van der Waals surface area contributed by atoms with Crippen LogP contribution in [-0.2, 0) is 28.2 Å². The number of benzene rings is 1. The molecule has 3 heterocycles. The Labute approximate surface area is 208 Å². The number of hydrogen-bond donors (Lipinski definition) is 1. The van der Waals surface area contributed by atoms with Gasteiger partial charge in [-0.3, -0.25) is 4.98 Å². The number of hydrogen-bond acceptors (Lipinski definition) is 9. The topological polar surface area (TPSA) is 125 Å². The largest absolute Gasteiger partial charge is 0.462 e. The highest BCUT2D eigenvalue weighted by Crippen LogP contribution is 2.42. The fourth-order valence-corrected chi connectivity index (χ4v) is 5.17. The molecule has 178 valence electrons. The molecule has 1 atom stereocenters. The number of carbonyl (C=O) groups is 1. The van der Waals surface area contributed by atoms with Gasteiger partial charge < -0.3 is 20.1 Å². The van der Waals surface area contributed by atoms with Crippen molar-refractivity contribution in [2.45, 2.75) is 31.6 Å². The third-order valence-corrected chi connectivity index (χ3v) is 6.90. The van der Waals surface area contributed by atoms with Crippen LogP contribution in [0.15, 0.2) is 58.5 Å². The van der Waals surface area contributed by atoms with Crippen LogP contribution in [0.3, 0.4) is 0 Å². The van der Waals surface area contributed by atoms with E-state index in [0.717, 1.165) is 29.8 Å². The summed E-state index contributed by atoms with van der Waals surface area (Å²) >= 11 is 1.23. The van der Waals surface area contributed by atoms with Crippen LogP contribution >= 0.6 is 11.8 Å². The highest BCUT2D eigenvalue weighted by molar-refractivity contribution is 8.02. The monoisotopic (exact) mass is 487 g/mol. The highest BCUT2D eigenvalue weighted by Gasteiger charge is 2.34. The Morgan fingerprint density at radius 3 is 2.71 bits per heavy atom. The van der Waals surface area contributed by atoms with Gasteiger partial charge in [0, 0.05) is 31.0 Å². The number of rotatable bonds is 6. The third kappa shape index (κ3) is 5.02. The number of carbonyl (C=O) groups excluding carboxylic acids is 1. The number of nitrogens with two attached hydrogens (primary N) is 1. The number of thioether (sulfide) groups is 1. The lowest BCUT2D eigenvalue weighted by atomic mass is 9.85. The van der Waals surface area contributed by atoms with E-state index in [1.807, 2.05) is 43.4 Å². The molecule has 9 heteroatoms. The van der Waals surface area contributed by atoms with Crippen molar-refractivity contribution in [2.24, 2.45) is 5.73 Å². The Morgan fingerprint density at radius 1 is 1.29 bits per heavy atom. The minimum Gasteiger partial charge on any atom is -0.462 e. The summed E-state index contributed by atoms with van der Waals surface area (Å²) in [5, 5.41) is 20.0. The van der Waals surface area contributed by atoms with E-state index >= 15 is 0 Å². The summed E-state index contributed by atoms with van der Waals surface area (Å²) in [6.45, 7) is 3.62. The second-order valence-electron chi connectivity index (χ2n) is 8.23. The first-order chi connectivity index (χ1) is 17.0. The molecule has 0 fully saturated rings. The number of ether oxygens (including phenoxy) is 2. The first kappa shape index (κ1) is 24.3. The summed E-state index contributed by atoms with van der Waals surface area (Å²) < 4.78 is 11.0. The number of pyridine rings is 1. The molecule has 0 spiro atoms. The number of likely N-dealkylation sites (N-methyl/N-ethyl adjacent to an activating group) is 1. The van der Waals surface area contributed by atoms with E-state index in [9.17, 15) is 15.3 Å². The van der Waals surface area contributed by atoms with Crippen LogP contribution in [0, 0.1) is 22.7 Å². The Morgan fingerprint density at radius 2 is 2.03 bits per heavy atom. The second-order valence-corrected chi connectivity index (χ2v) is 9.18. The summed E-state index contributed by atoms with van der Waals surface area (Å²) in [5.74, 6) is -0.818. The second kappa shape index (κ2) is 10.6. The van der Waals surface area contributed by atoms with Gasteiger partial charge in [0.05, 0.1) is 29.4 Å². The van der Waals surface area contributed by atoms with Gasteiger partial charge in [0.15, 0.2) is 5.09 Å². The van der Waals surface area contributed by atoms with Crippen molar-refractivity contribution in [1.82, 2.24) is 9.88 Å². The molecule has 2 N–H and O–H groups in total. The van der Waals surface area contributed by atoms with E-state index in [0.29, 0.717) is 28.5 Å². The molecule has 0 amide bonds. The lowest BCUT2D eigenvalue weighted by molar-refractivity contribution is 0.0524. The molecular formula is C26H25N5O3S. The number of esters is 1. The number of nitrogens with zero attached hydrogens (tertiary/aromatic N) is 4. The van der Waals surface area contributed by atoms with Gasteiger partial charge in [-0.05, 0) is 31.2 Å². The Bertz CT molecular complexity index is 1290. The summed E-state index contributed by atoms with van der Waals surface area (Å²) in [5.41, 5.74) is 10.3. The minimum atomic E-state index is -0.626. The average molecular weight is 488 g/mol. The highest BCUT2D eigenvalue weighted by atomic mass is 32.2. The third-order valence-electron chi connectivity index (χ3n) is 5.92. The molecular weight excluding hydrogens is 462 g/mol. The van der Waals surface area contributed by atoms with Gasteiger partial charge in [0.1, 0.15) is 17.7 Å². The molecule has 0 radical (unpaired) electrons. The zero-order chi connectivity index (χ0) is 24.9. The number of fused-ring (bicyclic) bond motifs is 1. The minimum absolute atomic E-state index is 0.0325. The lowest BCUT2D eigenvalue weighted by Gasteiger charge is -2.26. The van der Waals surface area contributed by atoms with Crippen LogP contribution in [-0.4, -0.2) is 36.1 Å². The van der Waals surface area contributed by atoms with Gasteiger partial charge >= 0.3 is 5.97 Å². The van der Waals surface area contributed by atoms with Gasteiger partial charge in [-0.15, -0.1) is 0 Å². The number of nitriles is 2. The van der Waals surface area contributed by atoms with Crippen LogP contribution in [0.5, 0.6) is 0 Å². The predicted octanol–water partition coefficient (Wildman–Crippen LogP) is 3.72. The fraction of sp³-hybridized carbons (Fsp3) is 0.308. The molecule has 2 aliphatic heterocycles. The van der Waals surface area contributed by atoms with E-state index < -0.39 is 11.9 Å². The molecule has 1 unspecified atom stereocenters. The summed E-state index contributed by atoms with van der Waals surface area (Å²) in [6.07, 6.45) is 0.784. The molecule has 1 aromatic heterocycles. The van der Waals surface area contributed by atoms with Crippen LogP contribution in [0.2, 0.25) is 0 Å². The van der Waals surface area contributed by atoms with E-state index in [2.05, 4.69) is 17.0 Å². The zero-order valence-corrected chi connectivity index (χ0v) is 20.4. The molecule has 0 bridgehead atoms. The van der Waals surface area contributed by atoms with E-state index in [4.69, 9.17) is 20.2 Å². The molecule has 4 rings (SSSR count). The van der Waals surface area contributed by atoms with E-state index in [1.54, 1.807) is 6.92 Å². The molecule has 0 saturated heterocycles. The van der Waals surface area contributed by atoms with Crippen molar-refractivity contribution in [3.63, 3.8) is 0 Å². The lowest BCUT2D eigenvalue weighted by Crippen LogP contribution is -2.28. The molecule has 1 aromatic carbocycles. The van der Waals surface area contributed by atoms with Crippen LogP contribution in [0.4, 0.5) is 0 Å². The maximum Gasteiger partial charge on any atom is 0.340 e. The predicted molar refractivity (Wildman–Crippen MR) is 131 cm³/mol. The molecule has 0 aliphatic carbocycles. The SMILES string of the molecule is CCOC(=O)c1cc2c(nc1CSC1=C(C#N)C(c3ccccc3)C(C#N)=C(N)O1)CCN(C)C2. The number of allylic oxidation sites excluding steroid dienone is 2. The van der Waals surface area contributed by atoms with Crippen molar-refractivity contribution in [3.8, 4) is 12.1 Å². The first-order valence-corrected chi connectivity index (χ1v) is 12.2. The normalized spacial score (nSPS) is 17.8. The summed E-state index contributed by atoms with van der Waals surface area (Å²) in [4.78, 5) is 19.7. The first-order valence-electron chi connectivity index (χ1n) is 11.2.